The smallest absolute Gasteiger partial charge is 0.410 e. The molecule has 0 saturated carbocycles. The van der Waals surface area contributed by atoms with Gasteiger partial charge in [0.2, 0.25) is 0 Å². The van der Waals surface area contributed by atoms with E-state index < -0.39 is 5.60 Å². The first kappa shape index (κ1) is 27.1. The molecular weight excluding hydrogens is 494 g/mol. The average molecular weight is 534 g/mol. The van der Waals surface area contributed by atoms with Gasteiger partial charge < -0.3 is 28.6 Å². The highest BCUT2D eigenvalue weighted by molar-refractivity contribution is 5.79. The van der Waals surface area contributed by atoms with E-state index in [0.29, 0.717) is 26.3 Å². The number of carbonyl (C=O) groups excluding carboxylic acids is 1. The molecular formula is C31H39N3O5. The van der Waals surface area contributed by atoms with Gasteiger partial charge in [0.15, 0.2) is 11.5 Å². The van der Waals surface area contributed by atoms with Gasteiger partial charge in [0.1, 0.15) is 18.8 Å². The van der Waals surface area contributed by atoms with Crippen LogP contribution in [0.5, 0.6) is 11.5 Å². The average Bonchev–Trinajstić information content (AvgIpc) is 2.90. The fourth-order valence-corrected chi connectivity index (χ4v) is 5.40. The van der Waals surface area contributed by atoms with Crippen LogP contribution in [0.3, 0.4) is 0 Å². The summed E-state index contributed by atoms with van der Waals surface area (Å²) in [6, 6.07) is 15.7. The van der Waals surface area contributed by atoms with E-state index >= 15 is 0 Å². The summed E-state index contributed by atoms with van der Waals surface area (Å²) in [6.07, 6.45) is 1.38. The number of fused-ring (bicyclic) bond motifs is 2. The highest BCUT2D eigenvalue weighted by Gasteiger charge is 2.31. The van der Waals surface area contributed by atoms with E-state index in [1.54, 1.807) is 6.07 Å². The molecule has 1 amide bonds. The van der Waals surface area contributed by atoms with Gasteiger partial charge in [0.05, 0.1) is 5.52 Å². The maximum atomic E-state index is 13.3. The van der Waals surface area contributed by atoms with Gasteiger partial charge in [-0.15, -0.1) is 0 Å². The molecule has 0 bridgehead atoms. The number of rotatable bonds is 6. The molecule has 0 spiro atoms. The fraction of sp³-hybridized carbons (Fsp3) is 0.484. The Morgan fingerprint density at radius 1 is 0.974 bits per heavy atom. The third kappa shape index (κ3) is 6.56. The summed E-state index contributed by atoms with van der Waals surface area (Å²) in [5.41, 5.74) is 2.58. The standard InChI is InChI=1S/C31H39N3O5/c1-22-5-8-26-24(19-22)7-10-29(35)33(26)16-15-32-13-11-25(12-14-32)34(30(36)39-31(2,3)4)21-23-6-9-27-28(20-23)38-18-17-37-27/h5-10,19-20,25H,11-18,21H2,1-4H3. The fourth-order valence-electron chi connectivity index (χ4n) is 5.40. The lowest BCUT2D eigenvalue weighted by atomic mass is 10.0. The van der Waals surface area contributed by atoms with E-state index in [2.05, 4.69) is 24.0 Å². The highest BCUT2D eigenvalue weighted by Crippen LogP contribution is 2.32. The van der Waals surface area contributed by atoms with Crippen LogP contribution in [0.2, 0.25) is 0 Å². The lowest BCUT2D eigenvalue weighted by Gasteiger charge is -2.39. The first-order valence-corrected chi connectivity index (χ1v) is 13.9. The Morgan fingerprint density at radius 2 is 1.72 bits per heavy atom. The van der Waals surface area contributed by atoms with E-state index in [-0.39, 0.29) is 17.7 Å². The molecule has 2 aliphatic heterocycles. The van der Waals surface area contributed by atoms with Crippen molar-refractivity contribution in [3.63, 3.8) is 0 Å². The van der Waals surface area contributed by atoms with Crippen molar-refractivity contribution >= 4 is 17.0 Å². The van der Waals surface area contributed by atoms with Crippen LogP contribution in [-0.4, -0.2) is 65.0 Å². The van der Waals surface area contributed by atoms with Crippen LogP contribution in [0.1, 0.15) is 44.7 Å². The Hall–Kier alpha value is -3.52. The Kier molecular flexibility index (Phi) is 7.84. The van der Waals surface area contributed by atoms with E-state index in [9.17, 15) is 9.59 Å². The minimum atomic E-state index is -0.576. The van der Waals surface area contributed by atoms with E-state index in [1.165, 1.54) is 5.56 Å². The number of aryl methyl sites for hydroxylation is 1. The van der Waals surface area contributed by atoms with Gasteiger partial charge in [-0.1, -0.05) is 17.7 Å². The van der Waals surface area contributed by atoms with Crippen molar-refractivity contribution in [1.29, 1.82) is 0 Å². The largest absolute Gasteiger partial charge is 0.486 e. The molecule has 5 rings (SSSR count). The quantitative estimate of drug-likeness (QED) is 0.445. The van der Waals surface area contributed by atoms with Gasteiger partial charge in [0.25, 0.3) is 5.56 Å². The molecule has 2 aliphatic rings. The molecule has 0 radical (unpaired) electrons. The second-order valence-electron chi connectivity index (χ2n) is 11.5. The highest BCUT2D eigenvalue weighted by atomic mass is 16.6. The third-order valence-corrected chi connectivity index (χ3v) is 7.37. The molecule has 39 heavy (non-hydrogen) atoms. The van der Waals surface area contributed by atoms with Crippen LogP contribution in [0.4, 0.5) is 4.79 Å². The second-order valence-corrected chi connectivity index (χ2v) is 11.5. The summed E-state index contributed by atoms with van der Waals surface area (Å²) in [4.78, 5) is 30.2. The van der Waals surface area contributed by atoms with Gasteiger partial charge in [0, 0.05) is 44.8 Å². The number of hydrogen-bond acceptors (Lipinski definition) is 6. The van der Waals surface area contributed by atoms with Crippen LogP contribution < -0.4 is 15.0 Å². The molecule has 0 unspecified atom stereocenters. The number of pyridine rings is 1. The monoisotopic (exact) mass is 533 g/mol. The Bertz CT molecular complexity index is 1390. The number of nitrogens with zero attached hydrogens (tertiary/aromatic N) is 3. The molecule has 0 N–H and O–H groups in total. The van der Waals surface area contributed by atoms with Crippen LogP contribution in [0, 0.1) is 6.92 Å². The molecule has 1 fully saturated rings. The minimum absolute atomic E-state index is 0.0248. The summed E-state index contributed by atoms with van der Waals surface area (Å²) in [5, 5.41) is 1.08. The zero-order chi connectivity index (χ0) is 27.6. The first-order chi connectivity index (χ1) is 18.7. The lowest BCUT2D eigenvalue weighted by molar-refractivity contribution is 0.00562. The van der Waals surface area contributed by atoms with Crippen LogP contribution in [-0.2, 0) is 17.8 Å². The van der Waals surface area contributed by atoms with Gasteiger partial charge in [-0.25, -0.2) is 4.79 Å². The van der Waals surface area contributed by atoms with Crippen molar-refractivity contribution in [1.82, 2.24) is 14.4 Å². The van der Waals surface area contributed by atoms with Gasteiger partial charge in [-0.2, -0.15) is 0 Å². The predicted molar refractivity (Wildman–Crippen MR) is 152 cm³/mol. The number of benzene rings is 2. The molecule has 1 aromatic heterocycles. The van der Waals surface area contributed by atoms with Crippen molar-refractivity contribution < 1.29 is 19.0 Å². The topological polar surface area (TPSA) is 73.2 Å². The summed E-state index contributed by atoms with van der Waals surface area (Å²) >= 11 is 0. The van der Waals surface area contributed by atoms with Crippen molar-refractivity contribution in [3.05, 3.63) is 70.0 Å². The number of ether oxygens (including phenoxy) is 3. The summed E-state index contributed by atoms with van der Waals surface area (Å²) in [6.45, 7) is 12.4. The van der Waals surface area contributed by atoms with Crippen molar-refractivity contribution in [2.45, 2.75) is 65.3 Å². The normalized spacial score (nSPS) is 16.3. The van der Waals surface area contributed by atoms with Crippen molar-refractivity contribution in [2.24, 2.45) is 0 Å². The van der Waals surface area contributed by atoms with E-state index in [1.807, 2.05) is 60.6 Å². The molecule has 208 valence electrons. The SMILES string of the molecule is Cc1ccc2c(ccc(=O)n2CCN2CCC(N(Cc3ccc4c(c3)OCCO4)C(=O)OC(C)(C)C)CC2)c1. The van der Waals surface area contributed by atoms with Crippen LogP contribution in [0.15, 0.2) is 53.3 Å². The summed E-state index contributed by atoms with van der Waals surface area (Å²) < 4.78 is 19.1. The number of aromatic nitrogens is 1. The first-order valence-electron chi connectivity index (χ1n) is 13.9. The zero-order valence-corrected chi connectivity index (χ0v) is 23.4. The van der Waals surface area contributed by atoms with E-state index in [0.717, 1.165) is 60.4 Å². The zero-order valence-electron chi connectivity index (χ0n) is 23.4. The predicted octanol–water partition coefficient (Wildman–Crippen LogP) is 4.98. The molecule has 0 atom stereocenters. The number of carbonyl (C=O) groups is 1. The summed E-state index contributed by atoms with van der Waals surface area (Å²) in [7, 11) is 0. The molecule has 2 aromatic carbocycles. The van der Waals surface area contributed by atoms with Crippen molar-refractivity contribution in [3.8, 4) is 11.5 Å². The van der Waals surface area contributed by atoms with E-state index in [4.69, 9.17) is 14.2 Å². The van der Waals surface area contributed by atoms with Gasteiger partial charge in [-0.3, -0.25) is 4.79 Å². The Morgan fingerprint density at radius 3 is 2.46 bits per heavy atom. The number of hydrogen-bond donors (Lipinski definition) is 0. The number of piperidine rings is 1. The maximum absolute atomic E-state index is 13.3. The molecule has 0 aliphatic carbocycles. The molecule has 8 heteroatoms. The minimum Gasteiger partial charge on any atom is -0.486 e. The molecule has 1 saturated heterocycles. The lowest BCUT2D eigenvalue weighted by Crippen LogP contribution is -2.49. The molecule has 8 nitrogen and oxygen atoms in total. The van der Waals surface area contributed by atoms with Crippen LogP contribution >= 0.6 is 0 Å². The Labute approximate surface area is 230 Å². The number of amides is 1. The molecule has 3 heterocycles. The number of likely N-dealkylation sites (tertiary alicyclic amines) is 1. The van der Waals surface area contributed by atoms with Crippen molar-refractivity contribution in [2.75, 3.05) is 32.8 Å². The summed E-state index contributed by atoms with van der Waals surface area (Å²) in [5.74, 6) is 1.46. The third-order valence-electron chi connectivity index (χ3n) is 7.37. The molecule has 3 aromatic rings. The van der Waals surface area contributed by atoms with Gasteiger partial charge in [-0.05, 0) is 81.8 Å². The second kappa shape index (κ2) is 11.3. The van der Waals surface area contributed by atoms with Gasteiger partial charge >= 0.3 is 6.09 Å². The Balaban J connectivity index is 1.25. The van der Waals surface area contributed by atoms with Crippen LogP contribution in [0.25, 0.3) is 10.9 Å². The maximum Gasteiger partial charge on any atom is 0.410 e.